The fourth-order valence-electron chi connectivity index (χ4n) is 4.70. The van der Waals surface area contributed by atoms with E-state index in [0.29, 0.717) is 19.0 Å². The van der Waals surface area contributed by atoms with Gasteiger partial charge in [0.25, 0.3) is 5.91 Å². The highest BCUT2D eigenvalue weighted by Gasteiger charge is 2.28. The largest absolute Gasteiger partial charge is 0.333 e. The number of carbonyl (C=O) groups is 1. The molecule has 0 radical (unpaired) electrons. The quantitative estimate of drug-likeness (QED) is 0.464. The Labute approximate surface area is 209 Å². The van der Waals surface area contributed by atoms with Crippen molar-refractivity contribution in [3.8, 4) is 0 Å². The number of hydrogen-bond donors (Lipinski definition) is 0. The van der Waals surface area contributed by atoms with Gasteiger partial charge in [0.15, 0.2) is 0 Å². The van der Waals surface area contributed by atoms with Gasteiger partial charge in [-0.25, -0.2) is 0 Å². The molecule has 0 atom stereocenters. The average molecular weight is 472 g/mol. The normalized spacial score (nSPS) is 14.9. The highest BCUT2D eigenvalue weighted by Crippen LogP contribution is 2.30. The minimum Gasteiger partial charge on any atom is -0.333 e. The Morgan fingerprint density at radius 2 is 1.71 bits per heavy atom. The molecule has 1 aliphatic rings. The monoisotopic (exact) mass is 471 g/mol. The zero-order valence-electron chi connectivity index (χ0n) is 21.2. The van der Waals surface area contributed by atoms with Crippen molar-refractivity contribution in [1.82, 2.24) is 24.7 Å². The Balaban J connectivity index is 1.50. The fraction of sp³-hybridized carbons (Fsp3) is 0.414. The standard InChI is InChI=1S/C29H37N5O/c1-23-12-13-27(29(35)34(20-19-32(2)3)21-24-9-5-4-6-10-24)28(31-23)25-14-17-33(18-15-25)22-26-11-7-8-16-30-26/h4-13,16,25H,14-15,17-22H2,1-3H3. The van der Waals surface area contributed by atoms with Crippen LogP contribution in [0.2, 0.25) is 0 Å². The van der Waals surface area contributed by atoms with Gasteiger partial charge in [-0.1, -0.05) is 36.4 Å². The first-order valence-corrected chi connectivity index (χ1v) is 12.6. The number of benzene rings is 1. The molecule has 0 bridgehead atoms. The first kappa shape index (κ1) is 25.0. The van der Waals surface area contributed by atoms with Crippen LogP contribution in [0.3, 0.4) is 0 Å². The minimum absolute atomic E-state index is 0.0779. The van der Waals surface area contributed by atoms with Crippen molar-refractivity contribution in [2.45, 2.75) is 38.8 Å². The maximum Gasteiger partial charge on any atom is 0.256 e. The molecular weight excluding hydrogens is 434 g/mol. The number of hydrogen-bond acceptors (Lipinski definition) is 5. The molecule has 1 amide bonds. The first-order valence-electron chi connectivity index (χ1n) is 12.6. The molecule has 1 aromatic carbocycles. The zero-order chi connectivity index (χ0) is 24.6. The van der Waals surface area contributed by atoms with Gasteiger partial charge in [0, 0.05) is 44.0 Å². The summed E-state index contributed by atoms with van der Waals surface area (Å²) in [5.74, 6) is 0.371. The molecule has 3 aromatic rings. The van der Waals surface area contributed by atoms with Gasteiger partial charge >= 0.3 is 0 Å². The van der Waals surface area contributed by atoms with E-state index in [1.807, 2.05) is 74.6 Å². The summed E-state index contributed by atoms with van der Waals surface area (Å²) in [6.45, 7) is 6.95. The van der Waals surface area contributed by atoms with E-state index in [0.717, 1.165) is 67.2 Å². The molecule has 0 unspecified atom stereocenters. The maximum absolute atomic E-state index is 13.9. The summed E-state index contributed by atoms with van der Waals surface area (Å²) in [6, 6.07) is 20.3. The number of rotatable bonds is 9. The summed E-state index contributed by atoms with van der Waals surface area (Å²) in [7, 11) is 4.09. The lowest BCUT2D eigenvalue weighted by Gasteiger charge is -2.33. The maximum atomic E-state index is 13.9. The molecule has 1 fully saturated rings. The molecule has 184 valence electrons. The first-order chi connectivity index (χ1) is 17.0. The van der Waals surface area contributed by atoms with Crippen molar-refractivity contribution in [3.05, 3.63) is 95.1 Å². The smallest absolute Gasteiger partial charge is 0.256 e. The molecule has 3 heterocycles. The Hall–Kier alpha value is -3.09. The van der Waals surface area contributed by atoms with Crippen LogP contribution in [-0.4, -0.2) is 70.8 Å². The third kappa shape index (κ3) is 6.96. The molecule has 1 saturated heterocycles. The van der Waals surface area contributed by atoms with Crippen molar-refractivity contribution in [1.29, 1.82) is 0 Å². The second-order valence-electron chi connectivity index (χ2n) is 9.77. The number of likely N-dealkylation sites (N-methyl/N-ethyl adjacent to an activating group) is 1. The van der Waals surface area contributed by atoms with Crippen LogP contribution in [-0.2, 0) is 13.1 Å². The number of piperidine rings is 1. The van der Waals surface area contributed by atoms with Crippen LogP contribution in [0.15, 0.2) is 66.9 Å². The number of nitrogens with zero attached hydrogens (tertiary/aromatic N) is 5. The van der Waals surface area contributed by atoms with Gasteiger partial charge in [-0.2, -0.15) is 0 Å². The van der Waals surface area contributed by atoms with Crippen molar-refractivity contribution in [2.75, 3.05) is 40.3 Å². The Morgan fingerprint density at radius 3 is 2.40 bits per heavy atom. The lowest BCUT2D eigenvalue weighted by Crippen LogP contribution is -2.38. The molecule has 0 saturated carbocycles. The van der Waals surface area contributed by atoms with Crippen LogP contribution in [0.4, 0.5) is 0 Å². The molecule has 4 rings (SSSR count). The molecule has 0 spiro atoms. The van der Waals surface area contributed by atoms with E-state index in [-0.39, 0.29) is 5.91 Å². The predicted octanol–water partition coefficient (Wildman–Crippen LogP) is 4.37. The van der Waals surface area contributed by atoms with Gasteiger partial charge in [0.2, 0.25) is 0 Å². The highest BCUT2D eigenvalue weighted by molar-refractivity contribution is 5.95. The average Bonchev–Trinajstić information content (AvgIpc) is 2.88. The Bertz CT molecular complexity index is 1080. The van der Waals surface area contributed by atoms with Gasteiger partial charge < -0.3 is 9.80 Å². The summed E-state index contributed by atoms with van der Waals surface area (Å²) < 4.78 is 0. The summed E-state index contributed by atoms with van der Waals surface area (Å²) >= 11 is 0. The van der Waals surface area contributed by atoms with E-state index in [2.05, 4.69) is 33.0 Å². The number of aromatic nitrogens is 2. The SMILES string of the molecule is Cc1ccc(C(=O)N(CCN(C)C)Cc2ccccc2)c(C2CCN(Cc3ccccn3)CC2)n1. The van der Waals surface area contributed by atoms with Crippen molar-refractivity contribution in [2.24, 2.45) is 0 Å². The number of carbonyl (C=O) groups excluding carboxylic acids is 1. The molecule has 2 aromatic heterocycles. The Morgan fingerprint density at radius 1 is 0.971 bits per heavy atom. The van der Waals surface area contributed by atoms with E-state index in [1.165, 1.54) is 0 Å². The molecule has 35 heavy (non-hydrogen) atoms. The molecular formula is C29H37N5O. The summed E-state index contributed by atoms with van der Waals surface area (Å²) in [5, 5.41) is 0. The third-order valence-electron chi connectivity index (χ3n) is 6.70. The number of likely N-dealkylation sites (tertiary alicyclic amines) is 1. The van der Waals surface area contributed by atoms with Gasteiger partial charge in [-0.3, -0.25) is 19.7 Å². The van der Waals surface area contributed by atoms with Gasteiger partial charge in [-0.05, 0) is 76.8 Å². The second-order valence-corrected chi connectivity index (χ2v) is 9.77. The lowest BCUT2D eigenvalue weighted by atomic mass is 9.89. The molecule has 6 nitrogen and oxygen atoms in total. The predicted molar refractivity (Wildman–Crippen MR) is 140 cm³/mol. The van der Waals surface area contributed by atoms with Crippen LogP contribution < -0.4 is 0 Å². The van der Waals surface area contributed by atoms with Crippen LogP contribution in [0, 0.1) is 6.92 Å². The molecule has 1 aliphatic heterocycles. The van der Waals surface area contributed by atoms with Crippen molar-refractivity contribution >= 4 is 5.91 Å². The fourth-order valence-corrected chi connectivity index (χ4v) is 4.70. The van der Waals surface area contributed by atoms with E-state index in [9.17, 15) is 4.79 Å². The Kier molecular flexibility index (Phi) is 8.61. The summed E-state index contributed by atoms with van der Waals surface area (Å²) in [4.78, 5) is 29.8. The number of pyridine rings is 2. The van der Waals surface area contributed by atoms with Crippen LogP contribution in [0.25, 0.3) is 0 Å². The summed E-state index contributed by atoms with van der Waals surface area (Å²) in [6.07, 6.45) is 3.86. The topological polar surface area (TPSA) is 52.6 Å². The van der Waals surface area contributed by atoms with Crippen molar-refractivity contribution < 1.29 is 4.79 Å². The molecule has 6 heteroatoms. The molecule has 0 N–H and O–H groups in total. The minimum atomic E-state index is 0.0779. The van der Waals surface area contributed by atoms with E-state index in [4.69, 9.17) is 4.98 Å². The van der Waals surface area contributed by atoms with Gasteiger partial charge in [0.1, 0.15) is 0 Å². The summed E-state index contributed by atoms with van der Waals surface area (Å²) in [5.41, 5.74) is 4.94. The van der Waals surface area contributed by atoms with Crippen LogP contribution >= 0.6 is 0 Å². The lowest BCUT2D eigenvalue weighted by molar-refractivity contribution is 0.0728. The van der Waals surface area contributed by atoms with E-state index >= 15 is 0 Å². The second kappa shape index (κ2) is 12.0. The molecule has 0 aliphatic carbocycles. The van der Waals surface area contributed by atoms with E-state index < -0.39 is 0 Å². The van der Waals surface area contributed by atoms with Crippen LogP contribution in [0.5, 0.6) is 0 Å². The third-order valence-corrected chi connectivity index (χ3v) is 6.70. The van der Waals surface area contributed by atoms with Gasteiger partial charge in [0.05, 0.1) is 17.0 Å². The number of amides is 1. The zero-order valence-corrected chi connectivity index (χ0v) is 21.2. The highest BCUT2D eigenvalue weighted by atomic mass is 16.2. The van der Waals surface area contributed by atoms with E-state index in [1.54, 1.807) is 0 Å². The van der Waals surface area contributed by atoms with Crippen molar-refractivity contribution in [3.63, 3.8) is 0 Å². The number of aryl methyl sites for hydroxylation is 1. The van der Waals surface area contributed by atoms with Gasteiger partial charge in [-0.15, -0.1) is 0 Å². The van der Waals surface area contributed by atoms with Crippen LogP contribution in [0.1, 0.15) is 51.8 Å².